The van der Waals surface area contributed by atoms with Gasteiger partial charge in [-0.1, -0.05) is 5.21 Å². The number of aromatic nitrogens is 12. The zero-order valence-electron chi connectivity index (χ0n) is 25.1. The van der Waals surface area contributed by atoms with E-state index in [1.807, 2.05) is 41.5 Å². The van der Waals surface area contributed by atoms with Crippen LogP contribution in [0.2, 0.25) is 0 Å². The van der Waals surface area contributed by atoms with E-state index in [1.165, 1.54) is 4.80 Å². The Bertz CT molecular complexity index is 1190. The highest BCUT2D eigenvalue weighted by Gasteiger charge is 2.21. The minimum atomic E-state index is -0.339. The molecule has 0 bridgehead atoms. The molecule has 0 atom stereocenters. The number of hydrogen-bond donors (Lipinski definition) is 1. The lowest BCUT2D eigenvalue weighted by Gasteiger charge is -2.19. The fourth-order valence-electron chi connectivity index (χ4n) is 2.72. The summed E-state index contributed by atoms with van der Waals surface area (Å²) in [5.41, 5.74) is -0.453. The van der Waals surface area contributed by atoms with E-state index in [2.05, 4.69) is 56.3 Å². The van der Waals surface area contributed by atoms with Crippen molar-refractivity contribution in [2.24, 2.45) is 0 Å². The Morgan fingerprint density at radius 2 is 1.24 bits per heavy atom. The van der Waals surface area contributed by atoms with Gasteiger partial charge in [0.2, 0.25) is 0 Å². The summed E-state index contributed by atoms with van der Waals surface area (Å²) < 4.78 is 15.9. The number of tetrazole rings is 3. The van der Waals surface area contributed by atoms with Crippen LogP contribution in [0.25, 0.3) is 0 Å². The van der Waals surface area contributed by atoms with E-state index >= 15 is 0 Å². The summed E-state index contributed by atoms with van der Waals surface area (Å²) in [5.74, 6) is 0.297. The first kappa shape index (κ1) is 34.6. The third-order valence-corrected chi connectivity index (χ3v) is 4.44. The second-order valence-electron chi connectivity index (χ2n) is 10.1. The minimum Gasteiger partial charge on any atom is -0.466 e. The monoisotopic (exact) mass is 580 g/mol. The molecule has 41 heavy (non-hydrogen) atoms. The molecule has 0 aliphatic heterocycles. The van der Waals surface area contributed by atoms with Crippen LogP contribution in [0, 0.1) is 0 Å². The van der Waals surface area contributed by atoms with Gasteiger partial charge in [-0.3, -0.25) is 14.4 Å². The van der Waals surface area contributed by atoms with Gasteiger partial charge in [-0.2, -0.15) is 10.0 Å². The molecule has 18 heteroatoms. The normalized spacial score (nSPS) is 11.0. The molecule has 228 valence electrons. The zero-order chi connectivity index (χ0) is 31.1. The highest BCUT2D eigenvalue weighted by atomic mass is 16.5. The summed E-state index contributed by atoms with van der Waals surface area (Å²) in [4.78, 5) is 34.6. The summed E-state index contributed by atoms with van der Waals surface area (Å²) in [7, 11) is 0. The highest BCUT2D eigenvalue weighted by Crippen LogP contribution is 2.13. The summed E-state index contributed by atoms with van der Waals surface area (Å²) in [6, 6.07) is 0. The van der Waals surface area contributed by atoms with Gasteiger partial charge in [0.05, 0.1) is 30.9 Å². The van der Waals surface area contributed by atoms with E-state index in [1.54, 1.807) is 25.5 Å². The van der Waals surface area contributed by atoms with Gasteiger partial charge in [0.25, 0.3) is 0 Å². The van der Waals surface area contributed by atoms with Crippen LogP contribution in [0.5, 0.6) is 0 Å². The smallest absolute Gasteiger partial charge is 0.313 e. The zero-order valence-corrected chi connectivity index (χ0v) is 25.1. The molecular weight excluding hydrogens is 540 g/mol. The molecule has 3 rings (SSSR count). The molecule has 3 aromatic heterocycles. The van der Waals surface area contributed by atoms with Crippen molar-refractivity contribution in [3.05, 3.63) is 17.5 Å². The molecule has 0 saturated carbocycles. The Kier molecular flexibility index (Phi) is 14.1. The largest absolute Gasteiger partial charge is 0.466 e. The molecule has 0 aliphatic rings. The summed E-state index contributed by atoms with van der Waals surface area (Å²) in [6.45, 7) is 18.2. The number of carbonyl (C=O) groups is 3. The Labute approximate surface area is 237 Å². The topological polar surface area (TPSA) is 221 Å². The van der Waals surface area contributed by atoms with Crippen LogP contribution in [0.3, 0.4) is 0 Å². The van der Waals surface area contributed by atoms with E-state index in [0.717, 1.165) is 0 Å². The molecule has 0 saturated heterocycles. The van der Waals surface area contributed by atoms with Crippen molar-refractivity contribution >= 4 is 17.9 Å². The summed E-state index contributed by atoms with van der Waals surface area (Å²) >= 11 is 0. The van der Waals surface area contributed by atoms with Gasteiger partial charge in [-0.05, 0) is 78.0 Å². The number of nitrogens with one attached hydrogen (secondary N) is 1. The van der Waals surface area contributed by atoms with Crippen molar-refractivity contribution in [1.29, 1.82) is 0 Å². The average molecular weight is 581 g/mol. The number of nitrogens with zero attached hydrogens (tertiary/aromatic N) is 11. The van der Waals surface area contributed by atoms with Gasteiger partial charge in [-0.15, -0.1) is 25.5 Å². The van der Waals surface area contributed by atoms with Crippen molar-refractivity contribution in [2.75, 3.05) is 19.8 Å². The first-order valence-electron chi connectivity index (χ1n) is 13.0. The van der Waals surface area contributed by atoms with E-state index in [4.69, 9.17) is 9.47 Å². The number of H-pyrrole nitrogens is 1. The van der Waals surface area contributed by atoms with Crippen molar-refractivity contribution < 1.29 is 28.6 Å². The van der Waals surface area contributed by atoms with Crippen molar-refractivity contribution in [1.82, 2.24) is 61.0 Å². The Morgan fingerprint density at radius 3 is 1.68 bits per heavy atom. The molecule has 0 aromatic carbocycles. The highest BCUT2D eigenvalue weighted by molar-refractivity contribution is 5.72. The predicted octanol–water partition coefficient (Wildman–Crippen LogP) is 0.373. The summed E-state index contributed by atoms with van der Waals surface area (Å²) in [5, 5.41) is 35.7. The van der Waals surface area contributed by atoms with Crippen LogP contribution in [0.4, 0.5) is 0 Å². The van der Waals surface area contributed by atoms with Crippen LogP contribution in [-0.2, 0) is 58.9 Å². The van der Waals surface area contributed by atoms with Gasteiger partial charge < -0.3 is 14.2 Å². The molecule has 0 unspecified atom stereocenters. The van der Waals surface area contributed by atoms with Crippen LogP contribution in [0.15, 0.2) is 0 Å². The van der Waals surface area contributed by atoms with Gasteiger partial charge in [0.1, 0.15) is 19.3 Å². The molecule has 0 aliphatic carbocycles. The quantitative estimate of drug-likeness (QED) is 0.267. The third-order valence-electron chi connectivity index (χ3n) is 4.44. The van der Waals surface area contributed by atoms with E-state index in [0.29, 0.717) is 37.3 Å². The SMILES string of the molecule is CCOC(=O)Cc1nn[nH]n1.CCOC(=O)Cc1nnn(C(C)(C)C)n1.CCOC(=O)Cc1nnnn1C(C)(C)C. The van der Waals surface area contributed by atoms with Gasteiger partial charge >= 0.3 is 17.9 Å². The van der Waals surface area contributed by atoms with Crippen LogP contribution >= 0.6 is 0 Å². The second kappa shape index (κ2) is 16.7. The molecule has 0 fully saturated rings. The number of esters is 3. The van der Waals surface area contributed by atoms with Crippen molar-refractivity contribution in [3.63, 3.8) is 0 Å². The molecule has 3 heterocycles. The summed E-state index contributed by atoms with van der Waals surface area (Å²) in [6.07, 6.45) is 0.256. The molecule has 3 aromatic rings. The minimum absolute atomic E-state index is 0.0733. The maximum absolute atomic E-state index is 11.3. The Morgan fingerprint density at radius 1 is 0.707 bits per heavy atom. The second-order valence-corrected chi connectivity index (χ2v) is 10.1. The lowest BCUT2D eigenvalue weighted by atomic mass is 10.1. The van der Waals surface area contributed by atoms with E-state index in [-0.39, 0.29) is 48.2 Å². The Hall–Kier alpha value is -4.38. The number of rotatable bonds is 9. The van der Waals surface area contributed by atoms with Crippen LogP contribution in [-0.4, -0.2) is 98.8 Å². The van der Waals surface area contributed by atoms with Gasteiger partial charge in [-0.25, -0.2) is 4.68 Å². The lowest BCUT2D eigenvalue weighted by molar-refractivity contribution is -0.143. The first-order chi connectivity index (χ1) is 19.2. The predicted molar refractivity (Wildman–Crippen MR) is 141 cm³/mol. The third kappa shape index (κ3) is 13.5. The molecule has 18 nitrogen and oxygen atoms in total. The van der Waals surface area contributed by atoms with E-state index < -0.39 is 0 Å². The fourth-order valence-corrected chi connectivity index (χ4v) is 2.72. The lowest BCUT2D eigenvalue weighted by Crippen LogP contribution is -2.27. The maximum atomic E-state index is 11.3. The number of hydrogen-bond acceptors (Lipinski definition) is 15. The molecule has 1 N–H and O–H groups in total. The molecule has 0 spiro atoms. The standard InChI is InChI=1S/2C9H16N4O2.C5H8N4O2/c1-5-15-8(14)6-7-10-11-12-13(7)9(2,3)4;1-5-15-8(14)6-7-10-12-13(11-7)9(2,3)4;1-2-11-5(10)3-4-6-8-9-7-4/h2*5-6H2,1-4H3;2-3H2,1H3,(H,6,7,8,9). The van der Waals surface area contributed by atoms with Gasteiger partial charge in [0, 0.05) is 0 Å². The van der Waals surface area contributed by atoms with Crippen LogP contribution in [0.1, 0.15) is 79.8 Å². The Balaban J connectivity index is 0.000000312. The van der Waals surface area contributed by atoms with E-state index in [9.17, 15) is 14.4 Å². The first-order valence-corrected chi connectivity index (χ1v) is 13.0. The molecule has 0 radical (unpaired) electrons. The molecular formula is C23H40N12O6. The van der Waals surface area contributed by atoms with Crippen molar-refractivity contribution in [3.8, 4) is 0 Å². The van der Waals surface area contributed by atoms with Crippen molar-refractivity contribution in [2.45, 2.75) is 92.7 Å². The number of carbonyl (C=O) groups excluding carboxylic acids is 3. The average Bonchev–Trinajstić information content (AvgIpc) is 3.62. The number of ether oxygens (including phenoxy) is 3. The fraction of sp³-hybridized carbons (Fsp3) is 0.739. The molecule has 0 amide bonds. The van der Waals surface area contributed by atoms with Gasteiger partial charge in [0.15, 0.2) is 17.5 Å². The van der Waals surface area contributed by atoms with Crippen LogP contribution < -0.4 is 0 Å². The maximum Gasteiger partial charge on any atom is 0.313 e. The number of aromatic amines is 1.